The van der Waals surface area contributed by atoms with E-state index in [0.717, 1.165) is 17.9 Å². The van der Waals surface area contributed by atoms with Crippen LogP contribution in [-0.4, -0.2) is 41.5 Å². The van der Waals surface area contributed by atoms with Crippen LogP contribution < -0.4 is 10.6 Å². The summed E-state index contributed by atoms with van der Waals surface area (Å²) in [6.07, 6.45) is 4.08. The van der Waals surface area contributed by atoms with Gasteiger partial charge in [0.15, 0.2) is 0 Å². The largest absolute Gasteiger partial charge is 0.385 e. The van der Waals surface area contributed by atoms with Crippen molar-refractivity contribution in [1.82, 2.24) is 4.98 Å². The molecule has 1 aliphatic rings. The van der Waals surface area contributed by atoms with Gasteiger partial charge >= 0.3 is 0 Å². The van der Waals surface area contributed by atoms with Crippen LogP contribution in [0.4, 0.5) is 11.4 Å². The molecule has 0 saturated carbocycles. The highest BCUT2D eigenvalue weighted by Gasteiger charge is 2.39. The zero-order valence-electron chi connectivity index (χ0n) is 10.9. The lowest BCUT2D eigenvalue weighted by Crippen LogP contribution is -2.43. The summed E-state index contributed by atoms with van der Waals surface area (Å²) >= 11 is 0. The summed E-state index contributed by atoms with van der Waals surface area (Å²) in [7, 11) is 0. The fourth-order valence-corrected chi connectivity index (χ4v) is 2.10. The standard InChI is InChI=1S/C13H21N3O2/c1-3-15-11-6-12(8-14-7-11)16-9-13(17)4-5-18-10(13)2/h6-8,10,15-17H,3-5,9H2,1-2H3. The maximum absolute atomic E-state index is 10.4. The Morgan fingerprint density at radius 1 is 1.44 bits per heavy atom. The molecule has 1 aromatic heterocycles. The first-order valence-electron chi connectivity index (χ1n) is 6.41. The van der Waals surface area contributed by atoms with Crippen LogP contribution in [0, 0.1) is 0 Å². The molecule has 18 heavy (non-hydrogen) atoms. The molecule has 0 aliphatic carbocycles. The minimum absolute atomic E-state index is 0.130. The summed E-state index contributed by atoms with van der Waals surface area (Å²) in [6, 6.07) is 1.99. The van der Waals surface area contributed by atoms with Gasteiger partial charge in [-0.1, -0.05) is 0 Å². The molecule has 2 atom stereocenters. The molecule has 100 valence electrons. The zero-order chi connectivity index (χ0) is 13.0. The van der Waals surface area contributed by atoms with E-state index < -0.39 is 5.60 Å². The number of anilines is 2. The summed E-state index contributed by atoms with van der Waals surface area (Å²) in [5.74, 6) is 0. The maximum Gasteiger partial charge on any atom is 0.110 e. The average molecular weight is 251 g/mol. The van der Waals surface area contributed by atoms with Crippen LogP contribution in [0.3, 0.4) is 0 Å². The van der Waals surface area contributed by atoms with E-state index >= 15 is 0 Å². The number of aromatic nitrogens is 1. The molecule has 3 N–H and O–H groups in total. The van der Waals surface area contributed by atoms with Gasteiger partial charge in [0.2, 0.25) is 0 Å². The fourth-order valence-electron chi connectivity index (χ4n) is 2.10. The van der Waals surface area contributed by atoms with Crippen LogP contribution in [-0.2, 0) is 4.74 Å². The summed E-state index contributed by atoms with van der Waals surface area (Å²) in [5, 5.41) is 16.8. The van der Waals surface area contributed by atoms with Gasteiger partial charge in [0.1, 0.15) is 5.60 Å². The lowest BCUT2D eigenvalue weighted by molar-refractivity contribution is -0.0175. The minimum Gasteiger partial charge on any atom is -0.385 e. The molecule has 5 heteroatoms. The third-order valence-electron chi connectivity index (χ3n) is 3.38. The number of nitrogens with one attached hydrogen (secondary N) is 2. The first-order chi connectivity index (χ1) is 8.64. The highest BCUT2D eigenvalue weighted by atomic mass is 16.5. The SMILES string of the molecule is CCNc1cncc(NCC2(O)CCOC2C)c1. The second kappa shape index (κ2) is 5.54. The smallest absolute Gasteiger partial charge is 0.110 e. The van der Waals surface area contributed by atoms with Crippen molar-refractivity contribution in [3.8, 4) is 0 Å². The molecule has 1 saturated heterocycles. The first kappa shape index (κ1) is 13.1. The molecule has 1 fully saturated rings. The van der Waals surface area contributed by atoms with Crippen LogP contribution in [0.5, 0.6) is 0 Å². The van der Waals surface area contributed by atoms with Gasteiger partial charge in [-0.3, -0.25) is 4.98 Å². The summed E-state index contributed by atoms with van der Waals surface area (Å²) in [4.78, 5) is 4.15. The molecular weight excluding hydrogens is 230 g/mol. The Labute approximate surface area is 108 Å². The second-order valence-electron chi connectivity index (χ2n) is 4.71. The highest BCUT2D eigenvalue weighted by Crippen LogP contribution is 2.26. The minimum atomic E-state index is -0.784. The van der Waals surface area contributed by atoms with E-state index in [-0.39, 0.29) is 6.10 Å². The lowest BCUT2D eigenvalue weighted by Gasteiger charge is -2.26. The van der Waals surface area contributed by atoms with Crippen molar-refractivity contribution >= 4 is 11.4 Å². The van der Waals surface area contributed by atoms with Gasteiger partial charge < -0.3 is 20.5 Å². The van der Waals surface area contributed by atoms with Crippen molar-refractivity contribution < 1.29 is 9.84 Å². The van der Waals surface area contributed by atoms with E-state index in [1.54, 1.807) is 12.4 Å². The molecule has 0 bridgehead atoms. The van der Waals surface area contributed by atoms with Gasteiger partial charge in [-0.05, 0) is 19.9 Å². The van der Waals surface area contributed by atoms with Crippen molar-refractivity contribution in [1.29, 1.82) is 0 Å². The number of pyridine rings is 1. The molecule has 2 heterocycles. The van der Waals surface area contributed by atoms with Gasteiger partial charge in [-0.2, -0.15) is 0 Å². The Balaban J connectivity index is 1.95. The Morgan fingerprint density at radius 3 is 2.78 bits per heavy atom. The van der Waals surface area contributed by atoms with Gasteiger partial charge in [0.25, 0.3) is 0 Å². The van der Waals surface area contributed by atoms with Gasteiger partial charge in [-0.15, -0.1) is 0 Å². The summed E-state index contributed by atoms with van der Waals surface area (Å²) < 4.78 is 5.40. The summed E-state index contributed by atoms with van der Waals surface area (Å²) in [5.41, 5.74) is 1.10. The maximum atomic E-state index is 10.4. The lowest BCUT2D eigenvalue weighted by atomic mass is 9.97. The quantitative estimate of drug-likeness (QED) is 0.739. The normalized spacial score (nSPS) is 27.2. The Bertz CT molecular complexity index is 400. The Kier molecular flexibility index (Phi) is 4.04. The molecule has 1 aliphatic heterocycles. The molecule has 0 amide bonds. The number of hydrogen-bond donors (Lipinski definition) is 3. The number of rotatable bonds is 5. The van der Waals surface area contributed by atoms with Crippen molar-refractivity contribution in [2.24, 2.45) is 0 Å². The molecule has 5 nitrogen and oxygen atoms in total. The van der Waals surface area contributed by atoms with E-state index in [9.17, 15) is 5.11 Å². The van der Waals surface area contributed by atoms with Crippen LogP contribution >= 0.6 is 0 Å². The number of ether oxygens (including phenoxy) is 1. The van der Waals surface area contributed by atoms with E-state index in [2.05, 4.69) is 15.6 Å². The molecule has 0 aromatic carbocycles. The van der Waals surface area contributed by atoms with E-state index in [0.29, 0.717) is 19.6 Å². The van der Waals surface area contributed by atoms with E-state index in [1.807, 2.05) is 19.9 Å². The van der Waals surface area contributed by atoms with Gasteiger partial charge in [0.05, 0.1) is 29.9 Å². The van der Waals surface area contributed by atoms with Gasteiger partial charge in [0, 0.05) is 26.1 Å². The Morgan fingerprint density at radius 2 is 2.17 bits per heavy atom. The summed E-state index contributed by atoms with van der Waals surface area (Å²) in [6.45, 7) is 5.91. The number of hydrogen-bond acceptors (Lipinski definition) is 5. The topological polar surface area (TPSA) is 66.4 Å². The van der Waals surface area contributed by atoms with Crippen molar-refractivity contribution in [2.75, 3.05) is 30.3 Å². The zero-order valence-corrected chi connectivity index (χ0v) is 10.9. The monoisotopic (exact) mass is 251 g/mol. The Hall–Kier alpha value is -1.33. The number of nitrogens with zero attached hydrogens (tertiary/aromatic N) is 1. The molecular formula is C13H21N3O2. The number of aliphatic hydroxyl groups is 1. The van der Waals surface area contributed by atoms with Crippen molar-refractivity contribution in [2.45, 2.75) is 32.0 Å². The van der Waals surface area contributed by atoms with E-state index in [1.165, 1.54) is 0 Å². The van der Waals surface area contributed by atoms with Crippen LogP contribution in [0.25, 0.3) is 0 Å². The molecule has 2 rings (SSSR count). The van der Waals surface area contributed by atoms with Crippen molar-refractivity contribution in [3.05, 3.63) is 18.5 Å². The third-order valence-corrected chi connectivity index (χ3v) is 3.38. The predicted molar refractivity (Wildman–Crippen MR) is 71.9 cm³/mol. The van der Waals surface area contributed by atoms with Gasteiger partial charge in [-0.25, -0.2) is 0 Å². The molecule has 0 spiro atoms. The highest BCUT2D eigenvalue weighted by molar-refractivity contribution is 5.54. The fraction of sp³-hybridized carbons (Fsp3) is 0.615. The van der Waals surface area contributed by atoms with Crippen LogP contribution in [0.2, 0.25) is 0 Å². The van der Waals surface area contributed by atoms with Crippen LogP contribution in [0.1, 0.15) is 20.3 Å². The second-order valence-corrected chi connectivity index (χ2v) is 4.71. The van der Waals surface area contributed by atoms with E-state index in [4.69, 9.17) is 4.74 Å². The predicted octanol–water partition coefficient (Wildman–Crippen LogP) is 1.47. The third kappa shape index (κ3) is 2.91. The van der Waals surface area contributed by atoms with Crippen molar-refractivity contribution in [3.63, 3.8) is 0 Å². The first-order valence-corrected chi connectivity index (χ1v) is 6.41. The molecule has 2 unspecified atom stereocenters. The molecule has 1 aromatic rings. The van der Waals surface area contributed by atoms with Crippen LogP contribution in [0.15, 0.2) is 18.5 Å². The average Bonchev–Trinajstić information content (AvgIpc) is 2.69. The molecule has 0 radical (unpaired) electrons.